The molecule has 1 amide bonds. The van der Waals surface area contributed by atoms with Crippen LogP contribution in [0, 0.1) is 12.8 Å². The SMILES string of the molecule is Cc1cc(O)nc2ccc(NC(=O)c3cc(S(=O)(=O)N(C)C)ccc3N3CCC(C(=O)O)C3)cc12. The molecule has 35 heavy (non-hydrogen) atoms. The number of pyridine rings is 1. The highest BCUT2D eigenvalue weighted by molar-refractivity contribution is 7.89. The van der Waals surface area contributed by atoms with Crippen LogP contribution in [0.5, 0.6) is 5.88 Å². The molecular formula is C24H26N4O6S. The summed E-state index contributed by atoms with van der Waals surface area (Å²) in [5.74, 6) is -2.10. The zero-order valence-electron chi connectivity index (χ0n) is 19.5. The van der Waals surface area contributed by atoms with Crippen LogP contribution in [0.4, 0.5) is 11.4 Å². The number of fused-ring (bicyclic) bond motifs is 1. The van der Waals surface area contributed by atoms with Gasteiger partial charge in [-0.25, -0.2) is 17.7 Å². The molecule has 184 valence electrons. The van der Waals surface area contributed by atoms with E-state index in [1.54, 1.807) is 29.2 Å². The summed E-state index contributed by atoms with van der Waals surface area (Å²) >= 11 is 0. The highest BCUT2D eigenvalue weighted by Crippen LogP contribution is 2.31. The Morgan fingerprint density at radius 3 is 2.54 bits per heavy atom. The van der Waals surface area contributed by atoms with Gasteiger partial charge in [0, 0.05) is 50.0 Å². The summed E-state index contributed by atoms with van der Waals surface area (Å²) in [6.45, 7) is 2.47. The number of aryl methyl sites for hydroxylation is 1. The first kappa shape index (κ1) is 24.4. The molecule has 0 aliphatic carbocycles. The summed E-state index contributed by atoms with van der Waals surface area (Å²) in [6, 6.07) is 10.9. The fraction of sp³-hybridized carbons (Fsp3) is 0.292. The summed E-state index contributed by atoms with van der Waals surface area (Å²) in [7, 11) is -0.986. The van der Waals surface area contributed by atoms with Gasteiger partial charge in [0.25, 0.3) is 5.91 Å². The summed E-state index contributed by atoms with van der Waals surface area (Å²) in [5, 5.41) is 22.7. The second kappa shape index (κ2) is 9.16. The molecule has 2 heterocycles. The van der Waals surface area contributed by atoms with Crippen molar-refractivity contribution in [3.05, 3.63) is 53.6 Å². The number of aliphatic carboxylic acids is 1. The number of aromatic hydroxyl groups is 1. The fourth-order valence-corrected chi connectivity index (χ4v) is 5.11. The topological polar surface area (TPSA) is 140 Å². The average Bonchev–Trinajstić information content (AvgIpc) is 3.29. The minimum Gasteiger partial charge on any atom is -0.493 e. The smallest absolute Gasteiger partial charge is 0.308 e. The van der Waals surface area contributed by atoms with Gasteiger partial charge in [0.05, 0.1) is 21.9 Å². The molecule has 11 heteroatoms. The van der Waals surface area contributed by atoms with Crippen molar-refractivity contribution in [3.8, 4) is 5.88 Å². The molecule has 1 fully saturated rings. The van der Waals surface area contributed by atoms with Crippen LogP contribution in [0.15, 0.2) is 47.4 Å². The Morgan fingerprint density at radius 1 is 1.14 bits per heavy atom. The third kappa shape index (κ3) is 4.77. The van der Waals surface area contributed by atoms with Gasteiger partial charge in [-0.05, 0) is 55.3 Å². The molecule has 0 saturated carbocycles. The number of carboxylic acid groups (broad SMARTS) is 1. The zero-order chi connectivity index (χ0) is 25.5. The number of nitrogens with zero attached hydrogens (tertiary/aromatic N) is 3. The number of anilines is 2. The number of rotatable bonds is 6. The van der Waals surface area contributed by atoms with Gasteiger partial charge in [0.1, 0.15) is 0 Å². The highest BCUT2D eigenvalue weighted by Gasteiger charge is 2.31. The van der Waals surface area contributed by atoms with Crippen molar-refractivity contribution in [2.24, 2.45) is 5.92 Å². The number of amides is 1. The second-order valence-corrected chi connectivity index (χ2v) is 10.9. The summed E-state index contributed by atoms with van der Waals surface area (Å²) in [4.78, 5) is 30.7. The molecule has 1 aliphatic rings. The number of carboxylic acids is 1. The van der Waals surface area contributed by atoms with E-state index in [2.05, 4.69) is 10.3 Å². The minimum atomic E-state index is -3.80. The van der Waals surface area contributed by atoms with Gasteiger partial charge in [-0.15, -0.1) is 0 Å². The van der Waals surface area contributed by atoms with Crippen molar-refractivity contribution in [2.45, 2.75) is 18.2 Å². The average molecular weight is 499 g/mol. The quantitative estimate of drug-likeness (QED) is 0.471. The number of hydrogen-bond donors (Lipinski definition) is 3. The van der Waals surface area contributed by atoms with E-state index in [0.29, 0.717) is 29.9 Å². The molecule has 0 spiro atoms. The van der Waals surface area contributed by atoms with Crippen LogP contribution in [-0.2, 0) is 14.8 Å². The lowest BCUT2D eigenvalue weighted by molar-refractivity contribution is -0.140. The van der Waals surface area contributed by atoms with E-state index in [-0.39, 0.29) is 22.9 Å². The van der Waals surface area contributed by atoms with Gasteiger partial charge in [0.15, 0.2) is 0 Å². The highest BCUT2D eigenvalue weighted by atomic mass is 32.2. The predicted octanol–water partition coefficient (Wildman–Crippen LogP) is 2.66. The number of hydrogen-bond acceptors (Lipinski definition) is 7. The van der Waals surface area contributed by atoms with Crippen molar-refractivity contribution >= 4 is 44.2 Å². The summed E-state index contributed by atoms with van der Waals surface area (Å²) in [5.41, 5.74) is 2.40. The summed E-state index contributed by atoms with van der Waals surface area (Å²) in [6.07, 6.45) is 0.429. The van der Waals surface area contributed by atoms with E-state index in [4.69, 9.17) is 0 Å². The molecule has 4 rings (SSSR count). The number of benzene rings is 2. The Balaban J connectivity index is 1.73. The lowest BCUT2D eigenvalue weighted by Gasteiger charge is -2.23. The molecule has 1 aromatic heterocycles. The molecule has 1 saturated heterocycles. The van der Waals surface area contributed by atoms with Crippen LogP contribution in [0.2, 0.25) is 0 Å². The lowest BCUT2D eigenvalue weighted by Crippen LogP contribution is -2.27. The molecule has 1 atom stereocenters. The van der Waals surface area contributed by atoms with Gasteiger partial charge >= 0.3 is 5.97 Å². The van der Waals surface area contributed by atoms with Crippen LogP contribution in [0.1, 0.15) is 22.3 Å². The molecule has 1 aliphatic heterocycles. The molecule has 0 bridgehead atoms. The number of sulfonamides is 1. The normalized spacial score (nSPS) is 16.1. The largest absolute Gasteiger partial charge is 0.493 e. The van der Waals surface area contributed by atoms with E-state index in [0.717, 1.165) is 15.3 Å². The van der Waals surface area contributed by atoms with Crippen molar-refractivity contribution in [3.63, 3.8) is 0 Å². The van der Waals surface area contributed by atoms with Crippen molar-refractivity contribution in [1.82, 2.24) is 9.29 Å². The standard InChI is InChI=1S/C24H26N4O6S/c1-14-10-22(29)26-20-6-4-16(11-18(14)20)25-23(30)19-12-17(35(33,34)27(2)3)5-7-21(19)28-9-8-15(13-28)24(31)32/h4-7,10-12,15H,8-9,13H2,1-3H3,(H,25,30)(H,26,29)(H,31,32). The Morgan fingerprint density at radius 2 is 1.89 bits per heavy atom. The van der Waals surface area contributed by atoms with E-state index < -0.39 is 27.8 Å². The van der Waals surface area contributed by atoms with Gasteiger partial charge in [-0.1, -0.05) is 0 Å². The fourth-order valence-electron chi connectivity index (χ4n) is 4.18. The predicted molar refractivity (Wildman–Crippen MR) is 131 cm³/mol. The third-order valence-corrected chi connectivity index (χ3v) is 7.94. The molecule has 3 aromatic rings. The number of carbonyl (C=O) groups excluding carboxylic acids is 1. The molecule has 1 unspecified atom stereocenters. The van der Waals surface area contributed by atoms with Gasteiger partial charge in [-0.2, -0.15) is 0 Å². The van der Waals surface area contributed by atoms with Gasteiger partial charge in [-0.3, -0.25) is 9.59 Å². The van der Waals surface area contributed by atoms with E-state index in [9.17, 15) is 28.2 Å². The maximum Gasteiger partial charge on any atom is 0.308 e. The Kier molecular flexibility index (Phi) is 6.39. The Labute approximate surface area is 202 Å². The van der Waals surface area contributed by atoms with E-state index in [1.165, 1.54) is 32.3 Å². The molecule has 3 N–H and O–H groups in total. The zero-order valence-corrected chi connectivity index (χ0v) is 20.3. The number of aromatic nitrogens is 1. The molecule has 0 radical (unpaired) electrons. The van der Waals surface area contributed by atoms with Crippen LogP contribution in [-0.4, -0.2) is 67.0 Å². The Hall–Kier alpha value is -3.70. The van der Waals surface area contributed by atoms with Crippen LogP contribution >= 0.6 is 0 Å². The maximum absolute atomic E-state index is 13.4. The molecule has 10 nitrogen and oxygen atoms in total. The molecular weight excluding hydrogens is 472 g/mol. The first-order valence-corrected chi connectivity index (χ1v) is 12.4. The first-order valence-electron chi connectivity index (χ1n) is 10.9. The first-order chi connectivity index (χ1) is 16.5. The molecule has 2 aromatic carbocycles. The monoisotopic (exact) mass is 498 g/mol. The van der Waals surface area contributed by atoms with E-state index in [1.807, 2.05) is 6.92 Å². The van der Waals surface area contributed by atoms with E-state index >= 15 is 0 Å². The van der Waals surface area contributed by atoms with Crippen molar-refractivity contribution < 1.29 is 28.2 Å². The Bertz CT molecular complexity index is 1440. The lowest BCUT2D eigenvalue weighted by atomic mass is 10.1. The van der Waals surface area contributed by atoms with Gasteiger partial charge in [0.2, 0.25) is 15.9 Å². The van der Waals surface area contributed by atoms with Crippen molar-refractivity contribution in [2.75, 3.05) is 37.4 Å². The second-order valence-electron chi connectivity index (χ2n) is 8.72. The number of nitrogens with one attached hydrogen (secondary N) is 1. The minimum absolute atomic E-state index is 0.0422. The number of carbonyl (C=O) groups is 2. The third-order valence-electron chi connectivity index (χ3n) is 6.13. The van der Waals surface area contributed by atoms with Gasteiger partial charge < -0.3 is 20.4 Å². The maximum atomic E-state index is 13.4. The summed E-state index contributed by atoms with van der Waals surface area (Å²) < 4.78 is 26.5. The van der Waals surface area contributed by atoms with Crippen LogP contribution in [0.25, 0.3) is 10.9 Å². The van der Waals surface area contributed by atoms with Crippen LogP contribution < -0.4 is 10.2 Å². The van der Waals surface area contributed by atoms with Crippen LogP contribution in [0.3, 0.4) is 0 Å². The van der Waals surface area contributed by atoms with Crippen molar-refractivity contribution in [1.29, 1.82) is 0 Å².